The Labute approximate surface area is 175 Å². The predicted octanol–water partition coefficient (Wildman–Crippen LogP) is 2.91. The first-order valence-electron chi connectivity index (χ1n) is 9.84. The number of benzene rings is 2. The summed E-state index contributed by atoms with van der Waals surface area (Å²) < 4.78 is 33.7. The van der Waals surface area contributed by atoms with Crippen LogP contribution in [-0.4, -0.2) is 42.4 Å². The number of ether oxygens (including phenoxy) is 1. The first kappa shape index (κ1) is 20.6. The Bertz CT molecular complexity index is 1060. The molecule has 1 saturated carbocycles. The lowest BCUT2D eigenvalue weighted by atomic mass is 10.0. The fourth-order valence-corrected chi connectivity index (χ4v) is 5.54. The first-order valence-corrected chi connectivity index (χ1v) is 11.3. The van der Waals surface area contributed by atoms with Crippen LogP contribution >= 0.6 is 0 Å². The number of aliphatic carboxylic acids is 1. The lowest BCUT2D eigenvalue weighted by Crippen LogP contribution is -2.37. The number of rotatable bonds is 6. The van der Waals surface area contributed by atoms with Crippen LogP contribution in [0.4, 0.5) is 0 Å². The van der Waals surface area contributed by atoms with Gasteiger partial charge in [0.15, 0.2) is 5.41 Å². The van der Waals surface area contributed by atoms with Gasteiger partial charge in [-0.1, -0.05) is 48.0 Å². The average Bonchev–Trinajstić information content (AvgIpc) is 3.44. The number of carboxylic acid groups (broad SMARTS) is 1. The summed E-state index contributed by atoms with van der Waals surface area (Å²) in [6.07, 6.45) is 0.0355. The maximum absolute atomic E-state index is 13.4. The van der Waals surface area contributed by atoms with Crippen LogP contribution in [0, 0.1) is 12.3 Å². The van der Waals surface area contributed by atoms with E-state index in [2.05, 4.69) is 0 Å². The second-order valence-corrected chi connectivity index (χ2v) is 9.79. The van der Waals surface area contributed by atoms with E-state index in [-0.39, 0.29) is 24.3 Å². The Morgan fingerprint density at radius 2 is 1.70 bits per heavy atom. The van der Waals surface area contributed by atoms with Gasteiger partial charge in [-0.2, -0.15) is 4.31 Å². The molecule has 1 N–H and O–H groups in total. The third kappa shape index (κ3) is 3.50. The molecule has 2 aromatic rings. The zero-order chi connectivity index (χ0) is 21.5. The van der Waals surface area contributed by atoms with Gasteiger partial charge in [-0.15, -0.1) is 0 Å². The molecule has 30 heavy (non-hydrogen) atoms. The topological polar surface area (TPSA) is 101 Å². The summed E-state index contributed by atoms with van der Waals surface area (Å²) in [5, 5.41) is 9.38. The molecule has 0 amide bonds. The molecule has 2 aliphatic rings. The van der Waals surface area contributed by atoms with E-state index in [0.717, 1.165) is 5.56 Å². The monoisotopic (exact) mass is 429 g/mol. The van der Waals surface area contributed by atoms with Crippen LogP contribution < -0.4 is 0 Å². The molecule has 1 aliphatic carbocycles. The van der Waals surface area contributed by atoms with Crippen molar-refractivity contribution in [1.29, 1.82) is 0 Å². The molecule has 0 spiro atoms. The number of sulfonamides is 1. The van der Waals surface area contributed by atoms with Crippen LogP contribution in [0.2, 0.25) is 0 Å². The maximum atomic E-state index is 13.4. The molecular formula is C22H23NO6S. The second kappa shape index (κ2) is 7.52. The highest BCUT2D eigenvalue weighted by Crippen LogP contribution is 2.48. The number of aryl methyl sites for hydroxylation is 1. The van der Waals surface area contributed by atoms with Crippen molar-refractivity contribution < 1.29 is 27.9 Å². The van der Waals surface area contributed by atoms with E-state index in [1.807, 2.05) is 13.0 Å². The van der Waals surface area contributed by atoms with Gasteiger partial charge < -0.3 is 9.84 Å². The van der Waals surface area contributed by atoms with Gasteiger partial charge in [0, 0.05) is 13.0 Å². The Morgan fingerprint density at radius 3 is 2.27 bits per heavy atom. The number of hydrogen-bond acceptors (Lipinski definition) is 5. The van der Waals surface area contributed by atoms with Gasteiger partial charge in [0.25, 0.3) is 0 Å². The van der Waals surface area contributed by atoms with Crippen molar-refractivity contribution in [2.45, 2.75) is 43.2 Å². The van der Waals surface area contributed by atoms with Crippen molar-refractivity contribution in [3.63, 3.8) is 0 Å². The van der Waals surface area contributed by atoms with Gasteiger partial charge in [-0.25, -0.2) is 8.42 Å². The lowest BCUT2D eigenvalue weighted by molar-refractivity contribution is -0.165. The first-order chi connectivity index (χ1) is 14.3. The Balaban J connectivity index is 1.67. The normalized spacial score (nSPS) is 23.1. The largest absolute Gasteiger partial charge is 0.480 e. The van der Waals surface area contributed by atoms with E-state index in [0.29, 0.717) is 12.0 Å². The van der Waals surface area contributed by atoms with Gasteiger partial charge in [0.05, 0.1) is 10.9 Å². The highest BCUT2D eigenvalue weighted by molar-refractivity contribution is 7.89. The quantitative estimate of drug-likeness (QED) is 0.560. The van der Waals surface area contributed by atoms with E-state index in [4.69, 9.17) is 4.74 Å². The highest BCUT2D eigenvalue weighted by atomic mass is 32.2. The van der Waals surface area contributed by atoms with Crippen molar-refractivity contribution >= 4 is 22.0 Å². The number of hydrogen-bond donors (Lipinski definition) is 1. The number of esters is 1. The molecule has 0 unspecified atom stereocenters. The van der Waals surface area contributed by atoms with Gasteiger partial charge >= 0.3 is 11.9 Å². The van der Waals surface area contributed by atoms with Gasteiger partial charge in [0.1, 0.15) is 6.10 Å². The Hall–Kier alpha value is -2.71. The van der Waals surface area contributed by atoms with Crippen molar-refractivity contribution in [2.24, 2.45) is 5.41 Å². The summed E-state index contributed by atoms with van der Waals surface area (Å²) >= 11 is 0. The molecule has 0 radical (unpaired) electrons. The fraction of sp³-hybridized carbons (Fsp3) is 0.364. The summed E-state index contributed by atoms with van der Waals surface area (Å²) in [6, 6.07) is 14.9. The second-order valence-electron chi connectivity index (χ2n) is 7.90. The molecule has 4 rings (SSSR count). The number of carbonyl (C=O) groups excluding carboxylic acids is 1. The van der Waals surface area contributed by atoms with E-state index in [1.165, 1.54) is 4.31 Å². The zero-order valence-corrected chi connectivity index (χ0v) is 17.3. The molecule has 1 saturated heterocycles. The van der Waals surface area contributed by atoms with E-state index >= 15 is 0 Å². The maximum Gasteiger partial charge on any atom is 0.323 e. The van der Waals surface area contributed by atoms with Crippen LogP contribution in [0.5, 0.6) is 0 Å². The molecule has 1 heterocycles. The minimum atomic E-state index is -3.83. The van der Waals surface area contributed by atoms with E-state index < -0.39 is 39.5 Å². The van der Waals surface area contributed by atoms with Crippen molar-refractivity contribution in [1.82, 2.24) is 4.31 Å². The van der Waals surface area contributed by atoms with Gasteiger partial charge in [-0.05, 0) is 37.5 Å². The van der Waals surface area contributed by atoms with Crippen LogP contribution in [0.1, 0.15) is 36.4 Å². The van der Waals surface area contributed by atoms with Crippen LogP contribution in [0.25, 0.3) is 0 Å². The molecule has 2 aromatic carbocycles. The Kier molecular flexibility index (Phi) is 5.15. The fourth-order valence-electron chi connectivity index (χ4n) is 3.89. The van der Waals surface area contributed by atoms with E-state index in [1.54, 1.807) is 48.5 Å². The van der Waals surface area contributed by atoms with Crippen molar-refractivity contribution in [3.05, 3.63) is 65.7 Å². The zero-order valence-electron chi connectivity index (χ0n) is 16.5. The third-order valence-corrected chi connectivity index (χ3v) is 7.77. The number of carbonyl (C=O) groups is 2. The number of nitrogens with zero attached hydrogens (tertiary/aromatic N) is 1. The van der Waals surface area contributed by atoms with Crippen molar-refractivity contribution in [3.8, 4) is 0 Å². The standard InChI is InChI=1S/C22H23NO6S/c1-15-7-9-17(10-8-15)30(27,28)23-14-11-18(19(23)16-5-3-2-4-6-16)29-21(26)22(12-13-22)20(24)25/h2-10,18-19H,11-14H2,1H3,(H,24,25)/t18-,19+/m1/s1. The molecular weight excluding hydrogens is 406 g/mol. The molecule has 0 aromatic heterocycles. The summed E-state index contributed by atoms with van der Waals surface area (Å²) in [6.45, 7) is 2.05. The molecule has 7 nitrogen and oxygen atoms in total. The van der Waals surface area contributed by atoms with Crippen LogP contribution in [0.15, 0.2) is 59.5 Å². The summed E-state index contributed by atoms with van der Waals surface area (Å²) in [5.74, 6) is -1.97. The minimum Gasteiger partial charge on any atom is -0.480 e. The molecule has 8 heteroatoms. The third-order valence-electron chi connectivity index (χ3n) is 5.87. The Morgan fingerprint density at radius 1 is 1.07 bits per heavy atom. The minimum absolute atomic E-state index is 0.171. The van der Waals surface area contributed by atoms with Crippen LogP contribution in [0.3, 0.4) is 0 Å². The van der Waals surface area contributed by atoms with Crippen LogP contribution in [-0.2, 0) is 24.3 Å². The smallest absolute Gasteiger partial charge is 0.323 e. The average molecular weight is 429 g/mol. The molecule has 0 bridgehead atoms. The van der Waals surface area contributed by atoms with Gasteiger partial charge in [0.2, 0.25) is 10.0 Å². The molecule has 2 fully saturated rings. The summed E-state index contributed by atoms with van der Waals surface area (Å²) in [5.41, 5.74) is 0.165. The SMILES string of the molecule is Cc1ccc(S(=O)(=O)N2CC[C@@H](OC(=O)C3(C(=O)O)CC3)[C@@H]2c2ccccc2)cc1. The lowest BCUT2D eigenvalue weighted by Gasteiger charge is -2.28. The summed E-state index contributed by atoms with van der Waals surface area (Å²) in [7, 11) is -3.83. The van der Waals surface area contributed by atoms with E-state index in [9.17, 15) is 23.1 Å². The van der Waals surface area contributed by atoms with Gasteiger partial charge in [-0.3, -0.25) is 9.59 Å². The molecule has 2 atom stereocenters. The molecule has 158 valence electrons. The summed E-state index contributed by atoms with van der Waals surface area (Å²) in [4.78, 5) is 24.2. The molecule has 1 aliphatic heterocycles. The number of carboxylic acids is 1. The predicted molar refractivity (Wildman–Crippen MR) is 108 cm³/mol. The van der Waals surface area contributed by atoms with Crippen molar-refractivity contribution in [2.75, 3.05) is 6.54 Å². The highest BCUT2D eigenvalue weighted by Gasteiger charge is 2.60.